The molecule has 1 fully saturated rings. The largest absolute Gasteiger partial charge is 0.352 e. The van der Waals surface area contributed by atoms with Gasteiger partial charge >= 0.3 is 0 Å². The Balaban J connectivity index is 1.36. The molecule has 29 heavy (non-hydrogen) atoms. The Morgan fingerprint density at radius 1 is 1.07 bits per heavy atom. The first kappa shape index (κ1) is 19.6. The zero-order chi connectivity index (χ0) is 20.2. The Kier molecular flexibility index (Phi) is 5.90. The van der Waals surface area contributed by atoms with Crippen molar-refractivity contribution < 1.29 is 14.0 Å². The molecule has 1 heterocycles. The molecule has 1 aliphatic carbocycles. The number of fused-ring (bicyclic) bond motifs is 1. The summed E-state index contributed by atoms with van der Waals surface area (Å²) in [4.78, 5) is 24.6. The number of rotatable bonds is 5. The quantitative estimate of drug-likeness (QED) is 0.725. The van der Waals surface area contributed by atoms with Gasteiger partial charge in [-0.15, -0.1) is 0 Å². The lowest BCUT2D eigenvalue weighted by molar-refractivity contribution is -0.124. The van der Waals surface area contributed by atoms with E-state index in [4.69, 9.17) is 0 Å². The molecule has 1 saturated carbocycles. The number of hydrogen-bond acceptors (Lipinski definition) is 3. The summed E-state index contributed by atoms with van der Waals surface area (Å²) in [5, 5.41) is 8.86. The smallest absolute Gasteiger partial charge is 0.255 e. The molecular weight excluding hydrogens is 369 g/mol. The molecule has 1 aliphatic heterocycles. The molecule has 152 valence electrons. The number of carbonyl (C=O) groups excluding carboxylic acids is 2. The molecule has 2 aliphatic rings. The van der Waals surface area contributed by atoms with Crippen LogP contribution >= 0.6 is 0 Å². The summed E-state index contributed by atoms with van der Waals surface area (Å²) < 4.78 is 14.7. The highest BCUT2D eigenvalue weighted by Gasteiger charge is 2.22. The zero-order valence-electron chi connectivity index (χ0n) is 16.4. The first-order valence-corrected chi connectivity index (χ1v) is 10.3. The third-order valence-electron chi connectivity index (χ3n) is 5.86. The van der Waals surface area contributed by atoms with Crippen LogP contribution in [0.15, 0.2) is 36.4 Å². The normalized spacial score (nSPS) is 16.3. The maximum atomic E-state index is 14.7. The summed E-state index contributed by atoms with van der Waals surface area (Å²) in [7, 11) is 0. The van der Waals surface area contributed by atoms with E-state index in [0.29, 0.717) is 30.6 Å². The van der Waals surface area contributed by atoms with Crippen molar-refractivity contribution >= 4 is 17.5 Å². The topological polar surface area (TPSA) is 70.2 Å². The molecule has 0 radical (unpaired) electrons. The van der Waals surface area contributed by atoms with Crippen LogP contribution in [0.2, 0.25) is 0 Å². The van der Waals surface area contributed by atoms with Gasteiger partial charge in [0.2, 0.25) is 5.91 Å². The molecule has 6 heteroatoms. The van der Waals surface area contributed by atoms with Crippen LogP contribution in [0, 0.1) is 11.7 Å². The van der Waals surface area contributed by atoms with Gasteiger partial charge in [-0.3, -0.25) is 9.59 Å². The molecule has 2 aromatic carbocycles. The van der Waals surface area contributed by atoms with Gasteiger partial charge < -0.3 is 16.0 Å². The second kappa shape index (κ2) is 8.74. The van der Waals surface area contributed by atoms with E-state index in [1.807, 2.05) is 18.2 Å². The van der Waals surface area contributed by atoms with Gasteiger partial charge in [-0.05, 0) is 60.7 Å². The van der Waals surface area contributed by atoms with Crippen LogP contribution in [0.4, 0.5) is 10.1 Å². The molecule has 2 aromatic rings. The SMILES string of the molecule is O=C(Nc1ccc2c(c1F)CCNC2)c1ccc(CNC(=O)C2CCCC2)cc1. The van der Waals surface area contributed by atoms with Crippen molar-refractivity contribution in [2.75, 3.05) is 11.9 Å². The first-order chi connectivity index (χ1) is 14.1. The van der Waals surface area contributed by atoms with E-state index in [1.165, 1.54) is 0 Å². The van der Waals surface area contributed by atoms with Crippen molar-refractivity contribution in [1.29, 1.82) is 0 Å². The van der Waals surface area contributed by atoms with E-state index in [1.54, 1.807) is 18.2 Å². The third kappa shape index (κ3) is 4.48. The van der Waals surface area contributed by atoms with E-state index < -0.39 is 0 Å². The van der Waals surface area contributed by atoms with Gasteiger partial charge in [0.1, 0.15) is 5.82 Å². The average Bonchev–Trinajstić information content (AvgIpc) is 3.29. The molecule has 5 nitrogen and oxygen atoms in total. The molecule has 4 rings (SSSR count). The molecule has 2 amide bonds. The molecule has 0 aromatic heterocycles. The lowest BCUT2D eigenvalue weighted by Crippen LogP contribution is -2.28. The molecule has 0 unspecified atom stereocenters. The summed E-state index contributed by atoms with van der Waals surface area (Å²) >= 11 is 0. The average molecular weight is 395 g/mol. The lowest BCUT2D eigenvalue weighted by atomic mass is 9.99. The fraction of sp³-hybridized carbons (Fsp3) is 0.391. The number of carbonyl (C=O) groups is 2. The minimum atomic E-state index is -0.348. The zero-order valence-corrected chi connectivity index (χ0v) is 16.4. The van der Waals surface area contributed by atoms with Gasteiger partial charge in [-0.25, -0.2) is 4.39 Å². The van der Waals surface area contributed by atoms with Crippen LogP contribution in [0.5, 0.6) is 0 Å². The molecule has 0 saturated heterocycles. The number of benzene rings is 2. The van der Waals surface area contributed by atoms with Gasteiger partial charge in [0.15, 0.2) is 0 Å². The molecule has 0 spiro atoms. The Hall–Kier alpha value is -2.73. The summed E-state index contributed by atoms with van der Waals surface area (Å²) in [6.45, 7) is 1.84. The van der Waals surface area contributed by atoms with Gasteiger partial charge in [0, 0.05) is 24.6 Å². The van der Waals surface area contributed by atoms with Gasteiger partial charge in [0.05, 0.1) is 5.69 Å². The van der Waals surface area contributed by atoms with Crippen LogP contribution in [0.3, 0.4) is 0 Å². The van der Waals surface area contributed by atoms with E-state index in [9.17, 15) is 14.0 Å². The van der Waals surface area contributed by atoms with E-state index in [-0.39, 0.29) is 29.2 Å². The monoisotopic (exact) mass is 395 g/mol. The Labute approximate surface area is 170 Å². The molecule has 0 bridgehead atoms. The highest BCUT2D eigenvalue weighted by Crippen LogP contribution is 2.26. The minimum Gasteiger partial charge on any atom is -0.352 e. The van der Waals surface area contributed by atoms with E-state index >= 15 is 0 Å². The second-order valence-electron chi connectivity index (χ2n) is 7.84. The predicted molar refractivity (Wildman–Crippen MR) is 110 cm³/mol. The van der Waals surface area contributed by atoms with Gasteiger partial charge in [0.25, 0.3) is 5.91 Å². The maximum Gasteiger partial charge on any atom is 0.255 e. The van der Waals surface area contributed by atoms with Gasteiger partial charge in [-0.1, -0.05) is 31.0 Å². The summed E-state index contributed by atoms with van der Waals surface area (Å²) in [5.41, 5.74) is 3.21. The highest BCUT2D eigenvalue weighted by atomic mass is 19.1. The maximum absolute atomic E-state index is 14.7. The van der Waals surface area contributed by atoms with Crippen molar-refractivity contribution in [2.45, 2.75) is 45.2 Å². The van der Waals surface area contributed by atoms with Crippen molar-refractivity contribution in [3.8, 4) is 0 Å². The number of amides is 2. The number of anilines is 1. The van der Waals surface area contributed by atoms with Crippen LogP contribution in [0.25, 0.3) is 0 Å². The van der Waals surface area contributed by atoms with E-state index in [2.05, 4.69) is 16.0 Å². The van der Waals surface area contributed by atoms with Crippen LogP contribution < -0.4 is 16.0 Å². The summed E-state index contributed by atoms with van der Waals surface area (Å²) in [5.74, 6) is -0.437. The van der Waals surface area contributed by atoms with Crippen molar-refractivity contribution in [1.82, 2.24) is 10.6 Å². The standard InChI is InChI=1S/C23H26FN3O2/c24-21-19-11-12-25-14-18(19)9-10-20(21)27-23(29)17-7-5-15(6-8-17)13-26-22(28)16-3-1-2-4-16/h5-10,16,25H,1-4,11-14H2,(H,26,28)(H,27,29). The Bertz CT molecular complexity index is 905. The summed E-state index contributed by atoms with van der Waals surface area (Å²) in [6, 6.07) is 10.5. The Morgan fingerprint density at radius 3 is 2.59 bits per heavy atom. The fourth-order valence-corrected chi connectivity index (χ4v) is 4.12. The predicted octanol–water partition coefficient (Wildman–Crippen LogP) is 3.53. The van der Waals surface area contributed by atoms with Crippen LogP contribution in [-0.4, -0.2) is 18.4 Å². The first-order valence-electron chi connectivity index (χ1n) is 10.3. The van der Waals surface area contributed by atoms with Crippen molar-refractivity contribution in [3.05, 3.63) is 64.5 Å². The van der Waals surface area contributed by atoms with Crippen LogP contribution in [0.1, 0.15) is 52.7 Å². The molecule has 0 atom stereocenters. The lowest BCUT2D eigenvalue weighted by Gasteiger charge is -2.19. The molecule has 3 N–H and O–H groups in total. The second-order valence-corrected chi connectivity index (χ2v) is 7.84. The third-order valence-corrected chi connectivity index (χ3v) is 5.86. The number of halogens is 1. The number of nitrogens with one attached hydrogen (secondary N) is 3. The van der Waals surface area contributed by atoms with Crippen molar-refractivity contribution in [3.63, 3.8) is 0 Å². The number of hydrogen-bond donors (Lipinski definition) is 3. The molecular formula is C23H26FN3O2. The Morgan fingerprint density at radius 2 is 1.83 bits per heavy atom. The van der Waals surface area contributed by atoms with Gasteiger partial charge in [-0.2, -0.15) is 0 Å². The van der Waals surface area contributed by atoms with E-state index in [0.717, 1.165) is 43.4 Å². The summed E-state index contributed by atoms with van der Waals surface area (Å²) in [6.07, 6.45) is 4.82. The minimum absolute atomic E-state index is 0.113. The van der Waals surface area contributed by atoms with Crippen molar-refractivity contribution in [2.24, 2.45) is 5.92 Å². The fourth-order valence-electron chi connectivity index (χ4n) is 4.12. The van der Waals surface area contributed by atoms with Crippen LogP contribution in [-0.2, 0) is 24.3 Å². The highest BCUT2D eigenvalue weighted by molar-refractivity contribution is 6.04.